The van der Waals surface area contributed by atoms with E-state index in [2.05, 4.69) is 235 Å². The summed E-state index contributed by atoms with van der Waals surface area (Å²) in [4.78, 5) is 5.08. The molecule has 3 unspecified atom stereocenters. The Hall–Kier alpha value is -3.63. The minimum Gasteiger partial charge on any atom is -0.310 e. The van der Waals surface area contributed by atoms with Crippen LogP contribution in [0.25, 0.3) is 0 Å². The highest BCUT2D eigenvalue weighted by atomic mass is 79.9. The molecular formula is C54H70B3BrN2. The van der Waals surface area contributed by atoms with Crippen LogP contribution in [0.15, 0.2) is 108 Å². The molecule has 2 aliphatic carbocycles. The molecule has 2 fully saturated rings. The van der Waals surface area contributed by atoms with Crippen molar-refractivity contribution in [2.75, 3.05) is 9.80 Å². The quantitative estimate of drug-likeness (QED) is 0.143. The first-order valence-corrected chi connectivity index (χ1v) is 23.5. The first-order chi connectivity index (χ1) is 27.8. The van der Waals surface area contributed by atoms with E-state index in [-0.39, 0.29) is 26.8 Å². The standard InChI is InChI=1S/C54H70B3BrN2/c1-50(2,3)36-15-21-41(22-16-36)59(42-23-17-37(18-24-42)51(4,5)6)43-29-40(54(55,56)57)30-44(33-43)60(49-26-20-39(32-47(49)58)53(10,11)12)48-25-19-38(52(7,8)9)31-46(48)45-28-34-13-14-35(45)27-34/h15-26,29-35,45H,13-14,27-28,55-57H2,1-12H3. The van der Waals surface area contributed by atoms with Gasteiger partial charge in [0.15, 0.2) is 0 Å². The predicted octanol–water partition coefficient (Wildman–Crippen LogP) is 13.5. The lowest BCUT2D eigenvalue weighted by molar-refractivity contribution is 0.419. The van der Waals surface area contributed by atoms with Gasteiger partial charge in [0.2, 0.25) is 0 Å². The highest BCUT2D eigenvalue weighted by molar-refractivity contribution is 9.10. The van der Waals surface area contributed by atoms with Gasteiger partial charge < -0.3 is 9.80 Å². The highest BCUT2D eigenvalue weighted by Gasteiger charge is 2.42. The fourth-order valence-corrected chi connectivity index (χ4v) is 10.2. The van der Waals surface area contributed by atoms with Crippen molar-refractivity contribution in [2.24, 2.45) is 11.8 Å². The zero-order valence-corrected chi connectivity index (χ0v) is 41.2. The molecule has 0 radical (unpaired) electrons. The molecule has 0 N–H and O–H groups in total. The number of nitrogens with zero attached hydrogens (tertiary/aromatic N) is 2. The molecule has 3 atom stereocenters. The van der Waals surface area contributed by atoms with E-state index in [0.29, 0.717) is 5.92 Å². The first-order valence-electron chi connectivity index (χ1n) is 22.7. The van der Waals surface area contributed by atoms with E-state index in [0.717, 1.165) is 33.4 Å². The van der Waals surface area contributed by atoms with Crippen LogP contribution >= 0.6 is 15.9 Å². The van der Waals surface area contributed by atoms with Gasteiger partial charge in [-0.05, 0) is 163 Å². The summed E-state index contributed by atoms with van der Waals surface area (Å²) in [7, 11) is 7.06. The van der Waals surface area contributed by atoms with Crippen LogP contribution in [-0.4, -0.2) is 23.5 Å². The number of anilines is 6. The van der Waals surface area contributed by atoms with Gasteiger partial charge >= 0.3 is 0 Å². The fraction of sp³-hybridized carbons (Fsp3) is 0.444. The molecule has 0 aliphatic heterocycles. The van der Waals surface area contributed by atoms with Crippen LogP contribution in [0, 0.1) is 11.8 Å². The van der Waals surface area contributed by atoms with Crippen LogP contribution in [0.3, 0.4) is 0 Å². The summed E-state index contributed by atoms with van der Waals surface area (Å²) in [6, 6.07) is 40.5. The molecule has 0 saturated heterocycles. The minimum absolute atomic E-state index is 0.0272. The van der Waals surface area contributed by atoms with Crippen LogP contribution in [0.2, 0.25) is 0 Å². The van der Waals surface area contributed by atoms with Gasteiger partial charge in [-0.1, -0.05) is 143 Å². The Labute approximate surface area is 375 Å². The average Bonchev–Trinajstić information content (AvgIpc) is 3.79. The van der Waals surface area contributed by atoms with Gasteiger partial charge in [0.1, 0.15) is 0 Å². The number of hydrogen-bond donors (Lipinski definition) is 0. The van der Waals surface area contributed by atoms with Crippen molar-refractivity contribution in [3.63, 3.8) is 0 Å². The van der Waals surface area contributed by atoms with Crippen LogP contribution in [0.1, 0.15) is 148 Å². The average molecular weight is 860 g/mol. The Morgan fingerprint density at radius 1 is 0.450 bits per heavy atom. The van der Waals surface area contributed by atoms with E-state index in [1.165, 1.54) is 76.1 Å². The Morgan fingerprint density at radius 2 is 0.900 bits per heavy atom. The minimum atomic E-state index is -0.106. The van der Waals surface area contributed by atoms with Gasteiger partial charge in [0.05, 0.1) is 29.2 Å². The van der Waals surface area contributed by atoms with Gasteiger partial charge in [-0.3, -0.25) is 0 Å². The highest BCUT2D eigenvalue weighted by Crippen LogP contribution is 2.56. The van der Waals surface area contributed by atoms with Gasteiger partial charge in [-0.25, -0.2) is 0 Å². The molecule has 0 heterocycles. The van der Waals surface area contributed by atoms with Crippen molar-refractivity contribution in [1.29, 1.82) is 0 Å². The van der Waals surface area contributed by atoms with Crippen molar-refractivity contribution in [1.82, 2.24) is 0 Å². The first kappa shape index (κ1) is 44.4. The van der Waals surface area contributed by atoms with Crippen molar-refractivity contribution < 1.29 is 0 Å². The van der Waals surface area contributed by atoms with Crippen LogP contribution in [0.4, 0.5) is 34.1 Å². The van der Waals surface area contributed by atoms with E-state index >= 15 is 0 Å². The van der Waals surface area contributed by atoms with E-state index in [1.54, 1.807) is 0 Å². The van der Waals surface area contributed by atoms with Crippen molar-refractivity contribution >= 4 is 73.6 Å². The van der Waals surface area contributed by atoms with E-state index in [4.69, 9.17) is 0 Å². The Bertz CT molecular complexity index is 2270. The molecule has 7 rings (SSSR count). The lowest BCUT2D eigenvalue weighted by Crippen LogP contribution is -2.28. The second-order valence-corrected chi connectivity index (χ2v) is 24.3. The lowest BCUT2D eigenvalue weighted by atomic mass is 9.40. The third kappa shape index (κ3) is 9.25. The Morgan fingerprint density at radius 3 is 1.32 bits per heavy atom. The predicted molar refractivity (Wildman–Crippen MR) is 274 cm³/mol. The maximum Gasteiger partial charge on any atom is 0.0955 e. The molecule has 2 saturated carbocycles. The second-order valence-electron chi connectivity index (χ2n) is 23.5. The zero-order valence-electron chi connectivity index (χ0n) is 39.6. The van der Waals surface area contributed by atoms with Crippen molar-refractivity contribution in [3.8, 4) is 0 Å². The summed E-state index contributed by atoms with van der Waals surface area (Å²) >= 11 is 4.19. The molecule has 5 aromatic carbocycles. The summed E-state index contributed by atoms with van der Waals surface area (Å²) in [5.41, 5.74) is 15.5. The maximum absolute atomic E-state index is 4.19. The molecule has 2 nitrogen and oxygen atoms in total. The van der Waals surface area contributed by atoms with E-state index in [1.807, 2.05) is 0 Å². The van der Waals surface area contributed by atoms with Crippen molar-refractivity contribution in [3.05, 3.63) is 141 Å². The molecule has 312 valence electrons. The van der Waals surface area contributed by atoms with Crippen LogP contribution in [0.5, 0.6) is 0 Å². The second kappa shape index (κ2) is 15.9. The van der Waals surface area contributed by atoms with Crippen LogP contribution < -0.4 is 9.80 Å². The van der Waals surface area contributed by atoms with Gasteiger partial charge in [-0.15, -0.1) is 0 Å². The summed E-state index contributed by atoms with van der Waals surface area (Å²) in [5.74, 6) is 2.15. The summed E-state index contributed by atoms with van der Waals surface area (Å²) in [6.45, 7) is 27.8. The number of hydrogen-bond acceptors (Lipinski definition) is 2. The molecule has 60 heavy (non-hydrogen) atoms. The monoisotopic (exact) mass is 859 g/mol. The van der Waals surface area contributed by atoms with E-state index < -0.39 is 0 Å². The Kier molecular flexibility index (Phi) is 11.8. The zero-order chi connectivity index (χ0) is 43.7. The number of rotatable bonds is 8. The third-order valence-corrected chi connectivity index (χ3v) is 14.2. The topological polar surface area (TPSA) is 6.48 Å². The lowest BCUT2D eigenvalue weighted by Gasteiger charge is -2.36. The summed E-state index contributed by atoms with van der Waals surface area (Å²) in [5, 5.41) is -0.106. The molecular weight excluding hydrogens is 789 g/mol. The molecule has 2 aliphatic rings. The molecule has 0 amide bonds. The molecule has 2 bridgehead atoms. The molecule has 6 heteroatoms. The fourth-order valence-electron chi connectivity index (χ4n) is 9.66. The van der Waals surface area contributed by atoms with Gasteiger partial charge in [0.25, 0.3) is 0 Å². The summed E-state index contributed by atoms with van der Waals surface area (Å²) in [6.07, 6.45) is 5.40. The third-order valence-electron chi connectivity index (χ3n) is 13.6. The van der Waals surface area contributed by atoms with Gasteiger partial charge in [-0.2, -0.15) is 0 Å². The summed E-state index contributed by atoms with van der Waals surface area (Å²) < 4.78 is 1.11. The maximum atomic E-state index is 4.19. The molecule has 5 aromatic rings. The molecule has 0 spiro atoms. The van der Waals surface area contributed by atoms with Crippen LogP contribution in [-0.2, 0) is 26.8 Å². The largest absolute Gasteiger partial charge is 0.310 e. The molecule has 0 aromatic heterocycles. The SMILES string of the molecule is BC(B)(B)c1cc(N(c2ccc(C(C)(C)C)cc2)c2ccc(C(C)(C)C)cc2)cc(N(c2ccc(C(C)(C)C)cc2Br)c2ccc(C(C)(C)C)cc2C2CC3CCC2C3)c1. The normalized spacial score (nSPS) is 18.5. The Balaban J connectivity index is 1.52. The number of fused-ring (bicyclic) bond motifs is 2. The smallest absolute Gasteiger partial charge is 0.0955 e. The number of halogens is 1. The van der Waals surface area contributed by atoms with Crippen molar-refractivity contribution in [2.45, 2.75) is 141 Å². The number of benzene rings is 5. The van der Waals surface area contributed by atoms with Gasteiger partial charge in [0, 0.05) is 32.9 Å². The van der Waals surface area contributed by atoms with E-state index in [9.17, 15) is 0 Å².